The minimum Gasteiger partial charge on any atom is -0.461 e. The molecule has 0 unspecified atom stereocenters. The van der Waals surface area contributed by atoms with Crippen molar-refractivity contribution in [3.63, 3.8) is 0 Å². The van der Waals surface area contributed by atoms with Crippen LogP contribution in [-0.2, 0) is 11.3 Å². The molecule has 2 N–H and O–H groups in total. The van der Waals surface area contributed by atoms with E-state index in [4.69, 9.17) is 15.7 Å². The van der Waals surface area contributed by atoms with Crippen LogP contribution in [0.4, 0.5) is 5.82 Å². The zero-order valence-electron chi connectivity index (χ0n) is 11.0. The minimum absolute atomic E-state index is 0.181. The molecule has 0 aliphatic carbocycles. The van der Waals surface area contributed by atoms with Gasteiger partial charge in [0.2, 0.25) is 0 Å². The number of hydrogen-bond acceptors (Lipinski definition) is 5. The van der Waals surface area contributed by atoms with Crippen molar-refractivity contribution in [3.05, 3.63) is 47.2 Å². The van der Waals surface area contributed by atoms with E-state index in [1.54, 1.807) is 25.1 Å². The molecule has 2 aromatic rings. The molecule has 0 spiro atoms. The molecule has 0 aliphatic heterocycles. The maximum Gasteiger partial charge on any atom is 0.358 e. The van der Waals surface area contributed by atoms with Crippen LogP contribution in [0.15, 0.2) is 30.3 Å². The Bertz CT molecular complexity index is 670. The fraction of sp³-hybridized carbons (Fsp3) is 0.214. The van der Waals surface area contributed by atoms with Crippen molar-refractivity contribution < 1.29 is 9.53 Å². The molecular formula is C14H14N4O2. The van der Waals surface area contributed by atoms with Gasteiger partial charge in [-0.15, -0.1) is 0 Å². The predicted octanol–water partition coefficient (Wildman–Crippen LogP) is 1.56. The fourth-order valence-corrected chi connectivity index (χ4v) is 1.77. The number of benzene rings is 1. The second kappa shape index (κ2) is 5.89. The molecular weight excluding hydrogens is 256 g/mol. The number of ether oxygens (including phenoxy) is 1. The third kappa shape index (κ3) is 2.95. The molecule has 0 aliphatic rings. The summed E-state index contributed by atoms with van der Waals surface area (Å²) >= 11 is 0. The lowest BCUT2D eigenvalue weighted by atomic mass is 10.1. The molecule has 2 rings (SSSR count). The van der Waals surface area contributed by atoms with Crippen LogP contribution in [0.2, 0.25) is 0 Å². The number of hydrogen-bond donors (Lipinski definition) is 1. The van der Waals surface area contributed by atoms with Gasteiger partial charge in [-0.2, -0.15) is 10.4 Å². The number of carbonyl (C=O) groups excluding carboxylic acids is 1. The lowest BCUT2D eigenvalue weighted by Crippen LogP contribution is -2.09. The molecule has 6 heteroatoms. The maximum atomic E-state index is 11.6. The van der Waals surface area contributed by atoms with E-state index >= 15 is 0 Å². The lowest BCUT2D eigenvalue weighted by molar-refractivity contribution is 0.0518. The van der Waals surface area contributed by atoms with Gasteiger partial charge in [-0.1, -0.05) is 12.1 Å². The highest BCUT2D eigenvalue weighted by molar-refractivity contribution is 5.88. The Labute approximate surface area is 116 Å². The molecule has 0 atom stereocenters. The number of aromatic nitrogens is 2. The van der Waals surface area contributed by atoms with Crippen molar-refractivity contribution in [3.8, 4) is 6.07 Å². The normalized spacial score (nSPS) is 10.0. The number of anilines is 1. The first-order chi connectivity index (χ1) is 9.63. The summed E-state index contributed by atoms with van der Waals surface area (Å²) in [5.74, 6) is -0.126. The first-order valence-electron chi connectivity index (χ1n) is 6.13. The first kappa shape index (κ1) is 13.6. The van der Waals surface area contributed by atoms with Crippen LogP contribution in [-0.4, -0.2) is 22.4 Å². The van der Waals surface area contributed by atoms with Crippen molar-refractivity contribution in [2.45, 2.75) is 13.5 Å². The van der Waals surface area contributed by atoms with Crippen LogP contribution >= 0.6 is 0 Å². The van der Waals surface area contributed by atoms with E-state index < -0.39 is 5.97 Å². The Balaban J connectivity index is 2.21. The average Bonchev–Trinajstić information content (AvgIpc) is 2.81. The van der Waals surface area contributed by atoms with Gasteiger partial charge in [-0.3, -0.25) is 0 Å². The van der Waals surface area contributed by atoms with Crippen molar-refractivity contribution in [1.82, 2.24) is 9.78 Å². The average molecular weight is 270 g/mol. The monoisotopic (exact) mass is 270 g/mol. The molecule has 1 heterocycles. The molecule has 102 valence electrons. The van der Waals surface area contributed by atoms with Gasteiger partial charge in [0.25, 0.3) is 0 Å². The molecule has 0 saturated heterocycles. The molecule has 0 saturated carbocycles. The molecule has 0 radical (unpaired) electrons. The molecule has 20 heavy (non-hydrogen) atoms. The van der Waals surface area contributed by atoms with E-state index in [1.165, 1.54) is 10.7 Å². The summed E-state index contributed by atoms with van der Waals surface area (Å²) in [5, 5.41) is 13.0. The minimum atomic E-state index is -0.497. The highest BCUT2D eigenvalue weighted by atomic mass is 16.5. The van der Waals surface area contributed by atoms with Gasteiger partial charge in [0.05, 0.1) is 24.8 Å². The number of nitrogen functional groups attached to an aromatic ring is 1. The van der Waals surface area contributed by atoms with Gasteiger partial charge in [-0.25, -0.2) is 9.48 Å². The highest BCUT2D eigenvalue weighted by Gasteiger charge is 2.13. The summed E-state index contributed by atoms with van der Waals surface area (Å²) in [6, 6.07) is 10.7. The van der Waals surface area contributed by atoms with Crippen molar-refractivity contribution in [2.75, 3.05) is 12.3 Å². The van der Waals surface area contributed by atoms with Crippen molar-refractivity contribution in [2.24, 2.45) is 0 Å². The number of nitriles is 1. The quantitative estimate of drug-likeness (QED) is 0.851. The van der Waals surface area contributed by atoms with E-state index in [2.05, 4.69) is 11.2 Å². The number of nitrogens with zero attached hydrogens (tertiary/aromatic N) is 3. The van der Waals surface area contributed by atoms with E-state index in [9.17, 15) is 4.79 Å². The van der Waals surface area contributed by atoms with Crippen LogP contribution in [0.3, 0.4) is 0 Å². The summed E-state index contributed by atoms with van der Waals surface area (Å²) in [6.07, 6.45) is 0. The molecule has 0 fully saturated rings. The Hall–Kier alpha value is -2.81. The lowest BCUT2D eigenvalue weighted by Gasteiger charge is -2.04. The molecule has 1 aromatic carbocycles. The number of esters is 1. The van der Waals surface area contributed by atoms with Gasteiger partial charge < -0.3 is 10.5 Å². The third-order valence-electron chi connectivity index (χ3n) is 2.68. The number of carbonyl (C=O) groups is 1. The third-order valence-corrected chi connectivity index (χ3v) is 2.68. The van der Waals surface area contributed by atoms with Crippen LogP contribution in [0.25, 0.3) is 0 Å². The largest absolute Gasteiger partial charge is 0.461 e. The second-order valence-electron chi connectivity index (χ2n) is 4.14. The van der Waals surface area contributed by atoms with Crippen molar-refractivity contribution in [1.29, 1.82) is 5.26 Å². The summed E-state index contributed by atoms with van der Waals surface area (Å²) in [4.78, 5) is 11.6. The van der Waals surface area contributed by atoms with Crippen LogP contribution in [0.1, 0.15) is 28.5 Å². The molecule has 0 amide bonds. The Morgan fingerprint density at radius 1 is 1.50 bits per heavy atom. The predicted molar refractivity (Wildman–Crippen MR) is 72.9 cm³/mol. The van der Waals surface area contributed by atoms with Gasteiger partial charge in [-0.05, 0) is 24.6 Å². The summed E-state index contributed by atoms with van der Waals surface area (Å²) in [6.45, 7) is 2.40. The fourth-order valence-electron chi connectivity index (χ4n) is 1.77. The highest BCUT2D eigenvalue weighted by Crippen LogP contribution is 2.12. The first-order valence-corrected chi connectivity index (χ1v) is 6.13. The SMILES string of the molecule is CCOC(=O)c1cc(N)n(Cc2cccc(C#N)c2)n1. The summed E-state index contributed by atoms with van der Waals surface area (Å²) in [5.41, 5.74) is 7.45. The van der Waals surface area contributed by atoms with Crippen LogP contribution < -0.4 is 5.73 Å². The Kier molecular flexibility index (Phi) is 4.01. The topological polar surface area (TPSA) is 93.9 Å². The molecule has 0 bridgehead atoms. The molecule has 1 aromatic heterocycles. The van der Waals surface area contributed by atoms with Gasteiger partial charge in [0.15, 0.2) is 5.69 Å². The second-order valence-corrected chi connectivity index (χ2v) is 4.14. The van der Waals surface area contributed by atoms with E-state index in [0.29, 0.717) is 17.9 Å². The Morgan fingerprint density at radius 2 is 2.30 bits per heavy atom. The van der Waals surface area contributed by atoms with E-state index in [1.807, 2.05) is 6.07 Å². The van der Waals surface area contributed by atoms with E-state index in [-0.39, 0.29) is 12.3 Å². The van der Waals surface area contributed by atoms with Crippen molar-refractivity contribution >= 4 is 11.8 Å². The summed E-state index contributed by atoms with van der Waals surface area (Å²) in [7, 11) is 0. The summed E-state index contributed by atoms with van der Waals surface area (Å²) < 4.78 is 6.37. The number of rotatable bonds is 4. The maximum absolute atomic E-state index is 11.6. The smallest absolute Gasteiger partial charge is 0.358 e. The van der Waals surface area contributed by atoms with Gasteiger partial charge in [0, 0.05) is 6.07 Å². The zero-order valence-corrected chi connectivity index (χ0v) is 11.0. The standard InChI is InChI=1S/C14H14N4O2/c1-2-20-14(19)12-7-13(16)18(17-12)9-11-5-3-4-10(6-11)8-15/h3-7H,2,9,16H2,1H3. The Morgan fingerprint density at radius 3 is 3.00 bits per heavy atom. The van der Waals surface area contributed by atoms with Gasteiger partial charge >= 0.3 is 5.97 Å². The zero-order chi connectivity index (χ0) is 14.5. The van der Waals surface area contributed by atoms with Gasteiger partial charge in [0.1, 0.15) is 5.82 Å². The molecule has 6 nitrogen and oxygen atoms in total. The van der Waals surface area contributed by atoms with Crippen LogP contribution in [0.5, 0.6) is 0 Å². The number of nitrogens with two attached hydrogens (primary N) is 1. The van der Waals surface area contributed by atoms with Crippen LogP contribution in [0, 0.1) is 11.3 Å². The van der Waals surface area contributed by atoms with E-state index in [0.717, 1.165) is 5.56 Å².